The molecule has 6 heteroatoms. The van der Waals surface area contributed by atoms with Crippen LogP contribution in [-0.4, -0.2) is 16.7 Å². The summed E-state index contributed by atoms with van der Waals surface area (Å²) in [6, 6.07) is 12.9. The minimum atomic E-state index is -0.476. The first-order chi connectivity index (χ1) is 11.6. The molecule has 0 unspecified atom stereocenters. The maximum absolute atomic E-state index is 13.3. The lowest BCUT2D eigenvalue weighted by molar-refractivity contribution is -0.116. The van der Waals surface area contributed by atoms with Crippen LogP contribution in [0.15, 0.2) is 64.4 Å². The normalized spacial score (nSPS) is 10.8. The fraction of sp³-hybridized carbons (Fsp3) is 0.111. The van der Waals surface area contributed by atoms with Crippen molar-refractivity contribution >= 4 is 34.3 Å². The number of halogens is 1. The van der Waals surface area contributed by atoms with Gasteiger partial charge < -0.3 is 9.88 Å². The summed E-state index contributed by atoms with van der Waals surface area (Å²) >= 11 is 1.59. The number of hydrogen-bond donors (Lipinski definition) is 1. The van der Waals surface area contributed by atoms with Gasteiger partial charge in [0.1, 0.15) is 12.4 Å². The molecular formula is C18H15FN2O2S. The molecule has 1 aromatic heterocycles. The number of nitrogens with zero attached hydrogens (tertiary/aromatic N) is 1. The average molecular weight is 342 g/mol. The van der Waals surface area contributed by atoms with Crippen LogP contribution >= 0.6 is 11.8 Å². The standard InChI is InChI=1S/C18H15FN2O2S/c1-24-14-4-2-3-13(10-14)20-18(23)11-21-8-7-17(22)15-9-12(19)5-6-16(15)21/h2-10H,11H2,1H3,(H,20,23). The molecule has 24 heavy (non-hydrogen) atoms. The number of anilines is 1. The fourth-order valence-corrected chi connectivity index (χ4v) is 2.94. The van der Waals surface area contributed by atoms with Crippen molar-refractivity contribution in [3.63, 3.8) is 0 Å². The zero-order valence-electron chi connectivity index (χ0n) is 13.0. The van der Waals surface area contributed by atoms with Gasteiger partial charge in [-0.25, -0.2) is 4.39 Å². The highest BCUT2D eigenvalue weighted by atomic mass is 32.2. The molecule has 0 atom stereocenters. The molecule has 3 aromatic rings. The Morgan fingerprint density at radius 3 is 2.83 bits per heavy atom. The Bertz CT molecular complexity index is 969. The Balaban J connectivity index is 1.85. The molecule has 1 amide bonds. The topological polar surface area (TPSA) is 51.1 Å². The highest BCUT2D eigenvalue weighted by Gasteiger charge is 2.08. The first-order valence-corrected chi connectivity index (χ1v) is 8.52. The number of amides is 1. The number of fused-ring (bicyclic) bond motifs is 1. The minimum Gasteiger partial charge on any atom is -0.338 e. The molecule has 2 aromatic carbocycles. The molecule has 0 aliphatic heterocycles. The third-order valence-corrected chi connectivity index (χ3v) is 4.33. The van der Waals surface area contributed by atoms with Crippen LogP contribution in [0.25, 0.3) is 10.9 Å². The van der Waals surface area contributed by atoms with Crippen LogP contribution < -0.4 is 10.7 Å². The van der Waals surface area contributed by atoms with Gasteiger partial charge in [0.05, 0.1) is 5.52 Å². The number of thioether (sulfide) groups is 1. The van der Waals surface area contributed by atoms with Gasteiger partial charge in [0, 0.05) is 28.2 Å². The van der Waals surface area contributed by atoms with Gasteiger partial charge in [0.2, 0.25) is 5.91 Å². The van der Waals surface area contributed by atoms with E-state index in [9.17, 15) is 14.0 Å². The average Bonchev–Trinajstić information content (AvgIpc) is 2.57. The molecule has 1 N–H and O–H groups in total. The third-order valence-electron chi connectivity index (χ3n) is 3.61. The van der Waals surface area contributed by atoms with E-state index in [0.29, 0.717) is 11.2 Å². The van der Waals surface area contributed by atoms with Crippen LogP contribution in [-0.2, 0) is 11.3 Å². The summed E-state index contributed by atoms with van der Waals surface area (Å²) in [6.07, 6.45) is 3.51. The Morgan fingerprint density at radius 2 is 2.04 bits per heavy atom. The van der Waals surface area contributed by atoms with Gasteiger partial charge in [-0.1, -0.05) is 6.07 Å². The Morgan fingerprint density at radius 1 is 1.21 bits per heavy atom. The Hall–Kier alpha value is -2.60. The smallest absolute Gasteiger partial charge is 0.244 e. The zero-order valence-corrected chi connectivity index (χ0v) is 13.8. The first-order valence-electron chi connectivity index (χ1n) is 7.29. The summed E-state index contributed by atoms with van der Waals surface area (Å²) in [5.74, 6) is -0.696. The lowest BCUT2D eigenvalue weighted by atomic mass is 10.2. The molecule has 122 valence electrons. The molecule has 1 heterocycles. The van der Waals surface area contributed by atoms with Crippen molar-refractivity contribution in [1.82, 2.24) is 4.57 Å². The Kier molecular flexibility index (Phi) is 4.66. The number of nitrogens with one attached hydrogen (secondary N) is 1. The third kappa shape index (κ3) is 3.49. The Labute approximate surface area is 142 Å². The van der Waals surface area contributed by atoms with Gasteiger partial charge >= 0.3 is 0 Å². The number of pyridine rings is 1. The lowest BCUT2D eigenvalue weighted by Crippen LogP contribution is -2.20. The van der Waals surface area contributed by atoms with Crippen LogP contribution in [0.3, 0.4) is 0 Å². The summed E-state index contributed by atoms with van der Waals surface area (Å²) in [5.41, 5.74) is 0.967. The highest BCUT2D eigenvalue weighted by Crippen LogP contribution is 2.19. The van der Waals surface area contributed by atoms with Crippen LogP contribution in [0, 0.1) is 5.82 Å². The molecule has 0 saturated carbocycles. The van der Waals surface area contributed by atoms with Crippen molar-refractivity contribution in [2.24, 2.45) is 0 Å². The van der Waals surface area contributed by atoms with Crippen LogP contribution in [0.5, 0.6) is 0 Å². The maximum atomic E-state index is 13.3. The van der Waals surface area contributed by atoms with Crippen molar-refractivity contribution in [1.29, 1.82) is 0 Å². The van der Waals surface area contributed by atoms with Gasteiger partial charge in [0.25, 0.3) is 0 Å². The van der Waals surface area contributed by atoms with Gasteiger partial charge in [-0.15, -0.1) is 11.8 Å². The predicted molar refractivity (Wildman–Crippen MR) is 95.0 cm³/mol. The van der Waals surface area contributed by atoms with E-state index in [1.165, 1.54) is 24.3 Å². The van der Waals surface area contributed by atoms with Gasteiger partial charge in [0.15, 0.2) is 5.43 Å². The number of aromatic nitrogens is 1. The van der Waals surface area contributed by atoms with Gasteiger partial charge in [-0.05, 0) is 42.7 Å². The van der Waals surface area contributed by atoms with Crippen molar-refractivity contribution < 1.29 is 9.18 Å². The molecule has 0 spiro atoms. The highest BCUT2D eigenvalue weighted by molar-refractivity contribution is 7.98. The number of benzene rings is 2. The van der Waals surface area contributed by atoms with Gasteiger partial charge in [-0.2, -0.15) is 0 Å². The van der Waals surface area contributed by atoms with E-state index in [0.717, 1.165) is 4.90 Å². The second kappa shape index (κ2) is 6.88. The summed E-state index contributed by atoms with van der Waals surface area (Å²) in [4.78, 5) is 25.2. The summed E-state index contributed by atoms with van der Waals surface area (Å²) in [6.45, 7) is 0.0336. The van der Waals surface area contributed by atoms with E-state index in [4.69, 9.17) is 0 Å². The number of carbonyl (C=O) groups excluding carboxylic acids is 1. The van der Waals surface area contributed by atoms with Crippen LogP contribution in [0.4, 0.5) is 10.1 Å². The predicted octanol–water partition coefficient (Wildman–Crippen LogP) is 3.50. The fourth-order valence-electron chi connectivity index (χ4n) is 2.48. The first kappa shape index (κ1) is 16.3. The van der Waals surface area contributed by atoms with Crippen LogP contribution in [0.2, 0.25) is 0 Å². The van der Waals surface area contributed by atoms with E-state index in [1.54, 1.807) is 22.5 Å². The molecular weight excluding hydrogens is 327 g/mol. The number of carbonyl (C=O) groups is 1. The summed E-state index contributed by atoms with van der Waals surface area (Å²) < 4.78 is 15.0. The lowest BCUT2D eigenvalue weighted by Gasteiger charge is -2.11. The van der Waals surface area contributed by atoms with Crippen molar-refractivity contribution in [2.45, 2.75) is 11.4 Å². The second-order valence-electron chi connectivity index (χ2n) is 5.25. The molecule has 4 nitrogen and oxygen atoms in total. The van der Waals surface area contributed by atoms with E-state index >= 15 is 0 Å². The minimum absolute atomic E-state index is 0.0336. The zero-order chi connectivity index (χ0) is 17.1. The van der Waals surface area contributed by atoms with E-state index in [2.05, 4.69) is 5.32 Å². The SMILES string of the molecule is CSc1cccc(NC(=O)Cn2ccc(=O)c3cc(F)ccc32)c1. The quantitative estimate of drug-likeness (QED) is 0.738. The maximum Gasteiger partial charge on any atom is 0.244 e. The summed E-state index contributed by atoms with van der Waals surface area (Å²) in [7, 11) is 0. The van der Waals surface area contributed by atoms with Crippen molar-refractivity contribution in [3.8, 4) is 0 Å². The van der Waals surface area contributed by atoms with Gasteiger partial charge in [-0.3, -0.25) is 9.59 Å². The molecule has 0 aliphatic rings. The second-order valence-corrected chi connectivity index (χ2v) is 6.13. The van der Waals surface area contributed by atoms with E-state index in [1.807, 2.05) is 30.5 Å². The number of rotatable bonds is 4. The molecule has 0 aliphatic carbocycles. The molecule has 0 saturated heterocycles. The monoisotopic (exact) mass is 342 g/mol. The molecule has 0 fully saturated rings. The van der Waals surface area contributed by atoms with Crippen molar-refractivity contribution in [2.75, 3.05) is 11.6 Å². The molecule has 3 rings (SSSR count). The molecule has 0 radical (unpaired) electrons. The van der Waals surface area contributed by atoms with Crippen molar-refractivity contribution in [3.05, 3.63) is 70.8 Å². The van der Waals surface area contributed by atoms with E-state index < -0.39 is 5.82 Å². The summed E-state index contributed by atoms with van der Waals surface area (Å²) in [5, 5.41) is 3.09. The van der Waals surface area contributed by atoms with E-state index in [-0.39, 0.29) is 23.3 Å². The van der Waals surface area contributed by atoms with Crippen LogP contribution in [0.1, 0.15) is 0 Å². The number of hydrogen-bond acceptors (Lipinski definition) is 3. The molecule has 0 bridgehead atoms. The largest absolute Gasteiger partial charge is 0.338 e.